The van der Waals surface area contributed by atoms with E-state index in [1.54, 1.807) is 0 Å². The molecule has 0 rings (SSSR count). The zero-order valence-electron chi connectivity index (χ0n) is 16.3. The van der Waals surface area contributed by atoms with Crippen LogP contribution in [0.5, 0.6) is 0 Å². The van der Waals surface area contributed by atoms with E-state index in [0.717, 1.165) is 12.8 Å². The van der Waals surface area contributed by atoms with Crippen LogP contribution < -0.4 is 27.4 Å². The maximum Gasteiger partial charge on any atom is 0.326 e. The van der Waals surface area contributed by atoms with Gasteiger partial charge in [0.1, 0.15) is 12.1 Å². The fourth-order valence-electron chi connectivity index (χ4n) is 2.29. The standard InChI is InChI=1S/C17H33N5O5/c1-10(2)8-13(17(26)27)22-15(24)11(3)21-14(23)9-20-16(25)12(19)6-4-5-7-18/h10-13H,4-9,18-19H2,1-3H3,(H,20,25)(H,21,23)(H,22,24)(H,26,27). The molecule has 0 heterocycles. The highest BCUT2D eigenvalue weighted by Gasteiger charge is 2.24. The Hall–Kier alpha value is -2.20. The molecule has 3 unspecified atom stereocenters. The maximum atomic E-state index is 12.1. The number of carboxylic acids is 1. The van der Waals surface area contributed by atoms with Crippen molar-refractivity contribution in [3.8, 4) is 0 Å². The predicted octanol–water partition coefficient (Wildman–Crippen LogP) is -1.32. The van der Waals surface area contributed by atoms with E-state index in [9.17, 15) is 19.2 Å². The Morgan fingerprint density at radius 2 is 1.63 bits per heavy atom. The number of amides is 3. The highest BCUT2D eigenvalue weighted by molar-refractivity contribution is 5.92. The molecule has 156 valence electrons. The molecule has 0 saturated carbocycles. The lowest BCUT2D eigenvalue weighted by Crippen LogP contribution is -2.52. The summed E-state index contributed by atoms with van der Waals surface area (Å²) in [6.07, 6.45) is 2.23. The summed E-state index contributed by atoms with van der Waals surface area (Å²) in [5.74, 6) is -2.69. The summed E-state index contributed by atoms with van der Waals surface area (Å²) in [6.45, 7) is 5.32. The minimum atomic E-state index is -1.13. The lowest BCUT2D eigenvalue weighted by Gasteiger charge is -2.20. The normalized spacial score (nSPS) is 14.1. The molecule has 0 saturated heterocycles. The van der Waals surface area contributed by atoms with Gasteiger partial charge in [0.05, 0.1) is 12.6 Å². The van der Waals surface area contributed by atoms with E-state index in [2.05, 4.69) is 16.0 Å². The van der Waals surface area contributed by atoms with Crippen LogP contribution in [0, 0.1) is 5.92 Å². The first-order valence-corrected chi connectivity index (χ1v) is 9.14. The summed E-state index contributed by atoms with van der Waals surface area (Å²) in [4.78, 5) is 46.9. The van der Waals surface area contributed by atoms with E-state index >= 15 is 0 Å². The molecular formula is C17H33N5O5. The molecule has 27 heavy (non-hydrogen) atoms. The molecular weight excluding hydrogens is 354 g/mol. The van der Waals surface area contributed by atoms with Crippen LogP contribution in [0.2, 0.25) is 0 Å². The molecule has 10 nitrogen and oxygen atoms in total. The smallest absolute Gasteiger partial charge is 0.326 e. The number of aliphatic carboxylic acids is 1. The van der Waals surface area contributed by atoms with Crippen LogP contribution in [-0.4, -0.2) is 60.0 Å². The molecule has 0 aliphatic carbocycles. The van der Waals surface area contributed by atoms with Crippen molar-refractivity contribution in [1.82, 2.24) is 16.0 Å². The lowest BCUT2D eigenvalue weighted by atomic mass is 10.0. The van der Waals surface area contributed by atoms with Gasteiger partial charge in [0, 0.05) is 0 Å². The van der Waals surface area contributed by atoms with E-state index in [4.69, 9.17) is 16.6 Å². The number of nitrogens with two attached hydrogens (primary N) is 2. The molecule has 3 amide bonds. The summed E-state index contributed by atoms with van der Waals surface area (Å²) in [5, 5.41) is 16.3. The van der Waals surface area contributed by atoms with Gasteiger partial charge in [-0.2, -0.15) is 0 Å². The van der Waals surface area contributed by atoms with Gasteiger partial charge in [0.2, 0.25) is 17.7 Å². The fraction of sp³-hybridized carbons (Fsp3) is 0.765. The lowest BCUT2D eigenvalue weighted by molar-refractivity contribution is -0.142. The monoisotopic (exact) mass is 387 g/mol. The van der Waals surface area contributed by atoms with E-state index < -0.39 is 41.8 Å². The minimum Gasteiger partial charge on any atom is -0.480 e. The van der Waals surface area contributed by atoms with Crippen LogP contribution in [0.1, 0.15) is 46.5 Å². The Bertz CT molecular complexity index is 512. The quantitative estimate of drug-likeness (QED) is 0.212. The first-order chi connectivity index (χ1) is 12.6. The average molecular weight is 387 g/mol. The van der Waals surface area contributed by atoms with E-state index in [1.165, 1.54) is 6.92 Å². The minimum absolute atomic E-state index is 0.0839. The van der Waals surface area contributed by atoms with Gasteiger partial charge in [-0.1, -0.05) is 20.3 Å². The summed E-state index contributed by atoms with van der Waals surface area (Å²) in [7, 11) is 0. The zero-order valence-corrected chi connectivity index (χ0v) is 16.3. The fourth-order valence-corrected chi connectivity index (χ4v) is 2.29. The first kappa shape index (κ1) is 24.8. The van der Waals surface area contributed by atoms with Crippen molar-refractivity contribution in [2.45, 2.75) is 64.6 Å². The van der Waals surface area contributed by atoms with Crippen LogP contribution in [0.4, 0.5) is 0 Å². The molecule has 0 aromatic rings. The third-order valence-corrected chi connectivity index (χ3v) is 3.82. The molecule has 0 bridgehead atoms. The molecule has 0 aromatic heterocycles. The van der Waals surface area contributed by atoms with Gasteiger partial charge in [-0.25, -0.2) is 4.79 Å². The van der Waals surface area contributed by atoms with Gasteiger partial charge in [-0.3, -0.25) is 14.4 Å². The summed E-state index contributed by atoms with van der Waals surface area (Å²) >= 11 is 0. The Morgan fingerprint density at radius 1 is 1.00 bits per heavy atom. The molecule has 8 N–H and O–H groups in total. The summed E-state index contributed by atoms with van der Waals surface area (Å²) < 4.78 is 0. The van der Waals surface area contributed by atoms with Crippen LogP contribution in [0.15, 0.2) is 0 Å². The molecule has 0 spiro atoms. The van der Waals surface area contributed by atoms with Crippen LogP contribution >= 0.6 is 0 Å². The second-order valence-corrected chi connectivity index (χ2v) is 6.93. The molecule has 0 fully saturated rings. The average Bonchev–Trinajstić information content (AvgIpc) is 2.58. The zero-order chi connectivity index (χ0) is 21.0. The van der Waals surface area contributed by atoms with Crippen molar-refractivity contribution in [2.75, 3.05) is 13.1 Å². The largest absolute Gasteiger partial charge is 0.480 e. The molecule has 0 aromatic carbocycles. The van der Waals surface area contributed by atoms with Gasteiger partial charge >= 0.3 is 5.97 Å². The van der Waals surface area contributed by atoms with Gasteiger partial charge in [-0.05, 0) is 38.6 Å². The van der Waals surface area contributed by atoms with Crippen LogP contribution in [-0.2, 0) is 19.2 Å². The molecule has 0 radical (unpaired) electrons. The SMILES string of the molecule is CC(C)CC(NC(=O)C(C)NC(=O)CNC(=O)C(N)CCCCN)C(=O)O. The van der Waals surface area contributed by atoms with Gasteiger partial charge in [-0.15, -0.1) is 0 Å². The van der Waals surface area contributed by atoms with Crippen LogP contribution in [0.3, 0.4) is 0 Å². The number of carboxylic acid groups (broad SMARTS) is 1. The number of hydrogen-bond donors (Lipinski definition) is 6. The van der Waals surface area contributed by atoms with Crippen molar-refractivity contribution < 1.29 is 24.3 Å². The summed E-state index contributed by atoms with van der Waals surface area (Å²) in [5.41, 5.74) is 11.1. The topological polar surface area (TPSA) is 177 Å². The van der Waals surface area contributed by atoms with Crippen LogP contribution in [0.25, 0.3) is 0 Å². The Balaban J connectivity index is 4.34. The van der Waals surface area contributed by atoms with Gasteiger partial charge in [0.25, 0.3) is 0 Å². The van der Waals surface area contributed by atoms with Crippen molar-refractivity contribution >= 4 is 23.7 Å². The molecule has 0 aliphatic heterocycles. The summed E-state index contributed by atoms with van der Waals surface area (Å²) in [6, 6.07) is -2.69. The highest BCUT2D eigenvalue weighted by Crippen LogP contribution is 2.05. The number of unbranched alkanes of at least 4 members (excludes halogenated alkanes) is 1. The molecule has 3 atom stereocenters. The van der Waals surface area contributed by atoms with Crippen molar-refractivity contribution in [2.24, 2.45) is 17.4 Å². The van der Waals surface area contributed by atoms with E-state index in [1.807, 2.05) is 13.8 Å². The maximum absolute atomic E-state index is 12.1. The van der Waals surface area contributed by atoms with E-state index in [-0.39, 0.29) is 18.9 Å². The second-order valence-electron chi connectivity index (χ2n) is 6.93. The predicted molar refractivity (Wildman–Crippen MR) is 101 cm³/mol. The first-order valence-electron chi connectivity index (χ1n) is 9.14. The Morgan fingerprint density at radius 3 is 2.15 bits per heavy atom. The molecule has 0 aliphatic rings. The number of rotatable bonds is 13. The van der Waals surface area contributed by atoms with Gasteiger partial charge in [0.15, 0.2) is 0 Å². The third-order valence-electron chi connectivity index (χ3n) is 3.82. The highest BCUT2D eigenvalue weighted by atomic mass is 16.4. The van der Waals surface area contributed by atoms with Crippen molar-refractivity contribution in [3.63, 3.8) is 0 Å². The second kappa shape index (κ2) is 13.0. The third kappa shape index (κ3) is 11.2. The van der Waals surface area contributed by atoms with Crippen molar-refractivity contribution in [3.05, 3.63) is 0 Å². The number of hydrogen-bond acceptors (Lipinski definition) is 6. The number of carbonyl (C=O) groups is 4. The van der Waals surface area contributed by atoms with E-state index in [0.29, 0.717) is 13.0 Å². The van der Waals surface area contributed by atoms with Crippen molar-refractivity contribution in [1.29, 1.82) is 0 Å². The Kier molecular flexibility index (Phi) is 12.0. The Labute approximate surface area is 159 Å². The number of nitrogens with one attached hydrogen (secondary N) is 3. The van der Waals surface area contributed by atoms with Gasteiger partial charge < -0.3 is 32.5 Å². The molecule has 10 heteroatoms. The number of carbonyl (C=O) groups excluding carboxylic acids is 3.